The smallest absolute Gasteiger partial charge is 0.416 e. The van der Waals surface area contributed by atoms with Crippen LogP contribution in [0.4, 0.5) is 19.0 Å². The molecule has 1 saturated heterocycles. The van der Waals surface area contributed by atoms with Gasteiger partial charge in [-0.15, -0.1) is 0 Å². The van der Waals surface area contributed by atoms with Crippen LogP contribution in [0, 0.1) is 0 Å². The van der Waals surface area contributed by atoms with Gasteiger partial charge in [0.2, 0.25) is 5.71 Å². The molecule has 1 aliphatic heterocycles. The summed E-state index contributed by atoms with van der Waals surface area (Å²) in [6, 6.07) is 7.51. The fourth-order valence-corrected chi connectivity index (χ4v) is 4.09. The highest BCUT2D eigenvalue weighted by molar-refractivity contribution is 6.06. The maximum atomic E-state index is 13.6. The number of pyridine rings is 1. The van der Waals surface area contributed by atoms with Crippen molar-refractivity contribution in [3.63, 3.8) is 0 Å². The van der Waals surface area contributed by atoms with Crippen LogP contribution in [0.5, 0.6) is 0 Å². The number of nitrogens with zero attached hydrogens (tertiary/aromatic N) is 4. The zero-order chi connectivity index (χ0) is 21.9. The maximum absolute atomic E-state index is 13.6. The van der Waals surface area contributed by atoms with Gasteiger partial charge in [-0.2, -0.15) is 13.2 Å². The second-order valence-electron chi connectivity index (χ2n) is 7.57. The number of halogens is 3. The molecule has 0 bridgehead atoms. The number of rotatable bonds is 2. The summed E-state index contributed by atoms with van der Waals surface area (Å²) in [6.45, 7) is 2.20. The van der Waals surface area contributed by atoms with Crippen molar-refractivity contribution in [2.75, 3.05) is 31.2 Å². The van der Waals surface area contributed by atoms with Gasteiger partial charge in [-0.1, -0.05) is 0 Å². The summed E-state index contributed by atoms with van der Waals surface area (Å²) in [5, 5.41) is 1.29. The van der Waals surface area contributed by atoms with Gasteiger partial charge in [-0.3, -0.25) is 0 Å². The lowest BCUT2D eigenvalue weighted by Gasteiger charge is -2.27. The van der Waals surface area contributed by atoms with E-state index in [0.717, 1.165) is 12.1 Å². The summed E-state index contributed by atoms with van der Waals surface area (Å²) in [5.41, 5.74) is 1.27. The molecule has 1 aromatic carbocycles. The summed E-state index contributed by atoms with van der Waals surface area (Å²) in [6.07, 6.45) is -1.28. The number of morpholine rings is 1. The number of aromatic amines is 1. The first-order chi connectivity index (χ1) is 15.5. The number of furan rings is 1. The molecule has 1 fully saturated rings. The summed E-state index contributed by atoms with van der Waals surface area (Å²) in [4.78, 5) is 18.5. The van der Waals surface area contributed by atoms with Crippen LogP contribution in [-0.4, -0.2) is 46.2 Å². The highest BCUT2D eigenvalue weighted by Crippen LogP contribution is 2.39. The van der Waals surface area contributed by atoms with Crippen LogP contribution in [0.2, 0.25) is 0 Å². The number of hydrogen-bond donors (Lipinski definition) is 1. The average molecular weight is 439 g/mol. The number of fused-ring (bicyclic) bond motifs is 4. The molecule has 0 unspecified atom stereocenters. The van der Waals surface area contributed by atoms with Crippen LogP contribution in [0.1, 0.15) is 5.56 Å². The lowest BCUT2D eigenvalue weighted by molar-refractivity contribution is -0.137. The van der Waals surface area contributed by atoms with Crippen LogP contribution < -0.4 is 4.90 Å². The Morgan fingerprint density at radius 2 is 1.88 bits per heavy atom. The van der Waals surface area contributed by atoms with E-state index in [2.05, 4.69) is 15.0 Å². The number of benzene rings is 1. The molecule has 0 atom stereocenters. The third-order valence-electron chi connectivity index (χ3n) is 5.62. The molecule has 1 N–H and O–H groups in total. The number of aromatic nitrogens is 4. The van der Waals surface area contributed by atoms with Crippen LogP contribution in [0.15, 0.2) is 47.1 Å². The second-order valence-corrected chi connectivity index (χ2v) is 7.57. The van der Waals surface area contributed by atoms with Gasteiger partial charge >= 0.3 is 6.18 Å². The van der Waals surface area contributed by atoms with Crippen LogP contribution in [-0.2, 0) is 10.9 Å². The quantitative estimate of drug-likeness (QED) is 0.427. The molecule has 0 amide bonds. The van der Waals surface area contributed by atoms with Gasteiger partial charge < -0.3 is 19.0 Å². The number of nitrogens with one attached hydrogen (secondary N) is 1. The van der Waals surface area contributed by atoms with Crippen molar-refractivity contribution in [3.05, 3.63) is 48.3 Å². The minimum atomic E-state index is -4.50. The fourth-order valence-electron chi connectivity index (χ4n) is 4.09. The predicted octanol–water partition coefficient (Wildman–Crippen LogP) is 4.77. The van der Waals surface area contributed by atoms with Crippen molar-refractivity contribution in [3.8, 4) is 11.4 Å². The average Bonchev–Trinajstić information content (AvgIpc) is 3.42. The molecule has 5 heterocycles. The Balaban J connectivity index is 1.67. The molecule has 0 spiro atoms. The molecule has 0 aliphatic carbocycles. The molecule has 0 saturated carbocycles. The molecule has 0 radical (unpaired) electrons. The minimum absolute atomic E-state index is 0.196. The Labute approximate surface area is 178 Å². The van der Waals surface area contributed by atoms with Crippen molar-refractivity contribution in [2.45, 2.75) is 6.18 Å². The topological polar surface area (TPSA) is 80.1 Å². The Morgan fingerprint density at radius 1 is 1.03 bits per heavy atom. The SMILES string of the molecule is FC(F)(F)c1cc(-c2nc(N3CCOCC3)c3oc4ncccc4c3n2)c2cc[nH]c2c1. The van der Waals surface area contributed by atoms with Gasteiger partial charge in [0, 0.05) is 41.9 Å². The minimum Gasteiger partial charge on any atom is -0.432 e. The monoisotopic (exact) mass is 439 g/mol. The van der Waals surface area contributed by atoms with E-state index >= 15 is 0 Å². The third-order valence-corrected chi connectivity index (χ3v) is 5.62. The molecule has 10 heteroatoms. The van der Waals surface area contributed by atoms with Crippen LogP contribution in [0.3, 0.4) is 0 Å². The number of anilines is 1. The lowest BCUT2D eigenvalue weighted by atomic mass is 10.0. The van der Waals surface area contributed by atoms with Gasteiger partial charge in [0.25, 0.3) is 0 Å². The molecule has 1 aliphatic rings. The normalized spacial score (nSPS) is 15.3. The second kappa shape index (κ2) is 6.92. The maximum Gasteiger partial charge on any atom is 0.416 e. The number of ether oxygens (including phenoxy) is 1. The van der Waals surface area contributed by atoms with E-state index in [4.69, 9.17) is 14.1 Å². The molecular formula is C22H16F3N5O2. The van der Waals surface area contributed by atoms with Crippen LogP contribution in [0.25, 0.3) is 44.5 Å². The Kier molecular flexibility index (Phi) is 4.12. The van der Waals surface area contributed by atoms with E-state index in [-0.39, 0.29) is 5.82 Å². The Bertz CT molecular complexity index is 1470. The summed E-state index contributed by atoms with van der Waals surface area (Å²) in [7, 11) is 0. The Morgan fingerprint density at radius 3 is 2.69 bits per heavy atom. The predicted molar refractivity (Wildman–Crippen MR) is 112 cm³/mol. The first-order valence-electron chi connectivity index (χ1n) is 10.1. The standard InChI is InChI=1S/C22H16F3N5O2/c23-22(24,25)12-10-15(13-3-5-26-16(13)11-12)19-28-17-14-2-1-4-27-21(14)32-18(17)20(29-19)30-6-8-31-9-7-30/h1-5,10-11,26H,6-9H2. The molecule has 5 aromatic rings. The van der Waals surface area contributed by atoms with Crippen molar-refractivity contribution < 1.29 is 22.3 Å². The number of H-pyrrole nitrogens is 1. The van der Waals surface area contributed by atoms with Gasteiger partial charge in [0.1, 0.15) is 5.52 Å². The third kappa shape index (κ3) is 2.98. The highest BCUT2D eigenvalue weighted by Gasteiger charge is 2.32. The van der Waals surface area contributed by atoms with Crippen LogP contribution >= 0.6 is 0 Å². The van der Waals surface area contributed by atoms with Gasteiger partial charge in [0.05, 0.1) is 24.2 Å². The van der Waals surface area contributed by atoms with E-state index in [1.54, 1.807) is 24.5 Å². The van der Waals surface area contributed by atoms with Crippen molar-refractivity contribution in [1.29, 1.82) is 0 Å². The summed E-state index contributed by atoms with van der Waals surface area (Å²) < 4.78 is 52.2. The zero-order valence-electron chi connectivity index (χ0n) is 16.6. The number of hydrogen-bond acceptors (Lipinski definition) is 6. The van der Waals surface area contributed by atoms with Gasteiger partial charge in [-0.05, 0) is 30.3 Å². The van der Waals surface area contributed by atoms with Crippen molar-refractivity contribution in [1.82, 2.24) is 19.9 Å². The van der Waals surface area contributed by atoms with E-state index in [1.807, 2.05) is 11.0 Å². The molecule has 4 aromatic heterocycles. The lowest BCUT2D eigenvalue weighted by Crippen LogP contribution is -2.37. The van der Waals surface area contributed by atoms with E-state index in [1.165, 1.54) is 0 Å². The molecule has 32 heavy (non-hydrogen) atoms. The molecule has 162 valence electrons. The fraction of sp³-hybridized carbons (Fsp3) is 0.227. The van der Waals surface area contributed by atoms with Crippen molar-refractivity contribution in [2.24, 2.45) is 0 Å². The molecular weight excluding hydrogens is 423 g/mol. The summed E-state index contributed by atoms with van der Waals surface area (Å²) in [5.74, 6) is 0.716. The van der Waals surface area contributed by atoms with E-state index in [9.17, 15) is 13.2 Å². The largest absolute Gasteiger partial charge is 0.432 e. The molecule has 6 rings (SSSR count). The van der Waals surface area contributed by atoms with Crippen molar-refractivity contribution >= 4 is 38.9 Å². The van der Waals surface area contributed by atoms with E-state index in [0.29, 0.717) is 70.8 Å². The van der Waals surface area contributed by atoms with Gasteiger partial charge in [0.15, 0.2) is 17.2 Å². The summed E-state index contributed by atoms with van der Waals surface area (Å²) >= 11 is 0. The number of alkyl halides is 3. The molecule has 7 nitrogen and oxygen atoms in total. The first kappa shape index (κ1) is 19.1. The first-order valence-corrected chi connectivity index (χ1v) is 10.1. The highest BCUT2D eigenvalue weighted by atomic mass is 19.4. The zero-order valence-corrected chi connectivity index (χ0v) is 16.6. The Hall–Kier alpha value is -3.66. The van der Waals surface area contributed by atoms with Gasteiger partial charge in [-0.25, -0.2) is 15.0 Å². The van der Waals surface area contributed by atoms with E-state index < -0.39 is 11.7 Å².